The smallest absolute Gasteiger partial charge is 0.264 e. The minimum atomic E-state index is -0.395. The molecule has 0 radical (unpaired) electrons. The van der Waals surface area contributed by atoms with Crippen LogP contribution in [0.2, 0.25) is 5.02 Å². The summed E-state index contributed by atoms with van der Waals surface area (Å²) in [6.07, 6.45) is 1.54. The van der Waals surface area contributed by atoms with Gasteiger partial charge in [-0.3, -0.25) is 14.5 Å². The Balaban J connectivity index is 1.61. The second-order valence-corrected chi connectivity index (χ2v) is 6.69. The van der Waals surface area contributed by atoms with Crippen LogP contribution in [0.25, 0.3) is 0 Å². The monoisotopic (exact) mass is 397 g/mol. The predicted octanol–water partition coefficient (Wildman–Crippen LogP) is 3.71. The van der Waals surface area contributed by atoms with Crippen LogP contribution in [0.4, 0.5) is 5.69 Å². The number of aromatic nitrogens is 1. The van der Waals surface area contributed by atoms with Gasteiger partial charge in [0.2, 0.25) is 11.8 Å². The molecule has 0 unspecified atom stereocenters. The highest BCUT2D eigenvalue weighted by molar-refractivity contribution is 6.31. The van der Waals surface area contributed by atoms with Gasteiger partial charge in [-0.25, -0.2) is 4.98 Å². The van der Waals surface area contributed by atoms with Crippen molar-refractivity contribution in [3.05, 3.63) is 70.8 Å². The van der Waals surface area contributed by atoms with Crippen LogP contribution in [0.15, 0.2) is 53.1 Å². The third-order valence-corrected chi connectivity index (χ3v) is 4.46. The lowest BCUT2D eigenvalue weighted by Gasteiger charge is -2.21. The van der Waals surface area contributed by atoms with E-state index >= 15 is 0 Å². The third-order valence-electron chi connectivity index (χ3n) is 4.22. The van der Waals surface area contributed by atoms with E-state index in [1.165, 1.54) is 11.1 Å². The maximum atomic E-state index is 13.1. The summed E-state index contributed by atoms with van der Waals surface area (Å²) in [4.78, 5) is 31.1. The normalized spacial score (nSPS) is 12.6. The molecule has 3 heterocycles. The van der Waals surface area contributed by atoms with Crippen LogP contribution in [0, 0.1) is 6.92 Å². The summed E-state index contributed by atoms with van der Waals surface area (Å²) in [5.74, 6) is 1.23. The van der Waals surface area contributed by atoms with Gasteiger partial charge in [0.15, 0.2) is 5.75 Å². The number of hydrogen-bond acceptors (Lipinski definition) is 5. The molecule has 4 rings (SSSR count). The average Bonchev–Trinajstić information content (AvgIpc) is 3.06. The summed E-state index contributed by atoms with van der Waals surface area (Å²) < 4.78 is 11.2. The average molecular weight is 398 g/mol. The standard InChI is InChI=1S/C20H16ClN3O4/c1-12-4-6-14(27-12)10-23-18(25)11-24-16-9-13(21)5-7-17(16)28-19-15(20(24)26)3-2-8-22-19/h2-9H,10-11H2,1H3,(H,23,25). The Morgan fingerprint density at radius 3 is 2.89 bits per heavy atom. The molecule has 0 spiro atoms. The van der Waals surface area contributed by atoms with Crippen molar-refractivity contribution in [2.75, 3.05) is 11.4 Å². The number of carbonyl (C=O) groups excluding carboxylic acids is 2. The number of fused-ring (bicyclic) bond motifs is 2. The molecule has 0 atom stereocenters. The zero-order valence-electron chi connectivity index (χ0n) is 14.9. The van der Waals surface area contributed by atoms with Crippen molar-refractivity contribution in [2.24, 2.45) is 0 Å². The van der Waals surface area contributed by atoms with Crippen molar-refractivity contribution in [3.63, 3.8) is 0 Å². The number of nitrogens with zero attached hydrogens (tertiary/aromatic N) is 2. The van der Waals surface area contributed by atoms with Gasteiger partial charge in [-0.15, -0.1) is 0 Å². The first-order chi connectivity index (χ1) is 13.5. The molecule has 0 fully saturated rings. The third kappa shape index (κ3) is 3.57. The van der Waals surface area contributed by atoms with Crippen LogP contribution in [0.1, 0.15) is 21.9 Å². The van der Waals surface area contributed by atoms with Crippen molar-refractivity contribution >= 4 is 29.1 Å². The van der Waals surface area contributed by atoms with E-state index in [2.05, 4.69) is 10.3 Å². The number of carbonyl (C=O) groups is 2. The van der Waals surface area contributed by atoms with Gasteiger partial charge in [-0.05, 0) is 49.4 Å². The van der Waals surface area contributed by atoms with Crippen LogP contribution < -0.4 is 15.0 Å². The second-order valence-electron chi connectivity index (χ2n) is 6.25. The molecule has 1 N–H and O–H groups in total. The zero-order valence-corrected chi connectivity index (χ0v) is 15.7. The van der Waals surface area contributed by atoms with Crippen LogP contribution in [-0.4, -0.2) is 23.3 Å². The van der Waals surface area contributed by atoms with Gasteiger partial charge in [0.1, 0.15) is 23.6 Å². The number of hydrogen-bond donors (Lipinski definition) is 1. The lowest BCUT2D eigenvalue weighted by Crippen LogP contribution is -2.40. The van der Waals surface area contributed by atoms with Crippen molar-refractivity contribution in [1.82, 2.24) is 10.3 Å². The van der Waals surface area contributed by atoms with E-state index in [0.29, 0.717) is 22.2 Å². The van der Waals surface area contributed by atoms with E-state index in [9.17, 15) is 9.59 Å². The number of halogens is 1. The number of nitrogens with one attached hydrogen (secondary N) is 1. The highest BCUT2D eigenvalue weighted by atomic mass is 35.5. The summed E-state index contributed by atoms with van der Waals surface area (Å²) in [5.41, 5.74) is 0.670. The van der Waals surface area contributed by atoms with Crippen molar-refractivity contribution in [1.29, 1.82) is 0 Å². The molecule has 3 aromatic rings. The minimum Gasteiger partial charge on any atom is -0.465 e. The Morgan fingerprint density at radius 1 is 1.25 bits per heavy atom. The lowest BCUT2D eigenvalue weighted by molar-refractivity contribution is -0.120. The molecule has 1 aromatic carbocycles. The fraction of sp³-hybridized carbons (Fsp3) is 0.150. The van der Waals surface area contributed by atoms with Crippen molar-refractivity contribution < 1.29 is 18.7 Å². The molecule has 0 bridgehead atoms. The fourth-order valence-corrected chi connectivity index (χ4v) is 3.07. The fourth-order valence-electron chi connectivity index (χ4n) is 2.90. The second kappa shape index (κ2) is 7.36. The van der Waals surface area contributed by atoms with E-state index < -0.39 is 5.91 Å². The van der Waals surface area contributed by atoms with E-state index in [-0.39, 0.29) is 30.4 Å². The minimum absolute atomic E-state index is 0.185. The first kappa shape index (κ1) is 18.1. The molecule has 2 aromatic heterocycles. The Hall–Kier alpha value is -3.32. The predicted molar refractivity (Wildman–Crippen MR) is 103 cm³/mol. The first-order valence-electron chi connectivity index (χ1n) is 8.57. The van der Waals surface area contributed by atoms with E-state index in [0.717, 1.165) is 5.76 Å². The van der Waals surface area contributed by atoms with Gasteiger partial charge < -0.3 is 14.5 Å². The number of anilines is 1. The van der Waals surface area contributed by atoms with E-state index in [1.54, 1.807) is 36.4 Å². The van der Waals surface area contributed by atoms with Crippen LogP contribution >= 0.6 is 11.6 Å². The van der Waals surface area contributed by atoms with Crippen molar-refractivity contribution in [3.8, 4) is 11.6 Å². The summed E-state index contributed by atoms with van der Waals surface area (Å²) in [7, 11) is 0. The molecule has 8 heteroatoms. The highest BCUT2D eigenvalue weighted by Gasteiger charge is 2.30. The summed E-state index contributed by atoms with van der Waals surface area (Å²) >= 11 is 6.11. The molecule has 0 saturated carbocycles. The molecular weight excluding hydrogens is 382 g/mol. The Labute approximate surface area is 165 Å². The Kier molecular flexibility index (Phi) is 4.75. The molecule has 1 aliphatic heterocycles. The van der Waals surface area contributed by atoms with E-state index in [4.69, 9.17) is 20.8 Å². The number of benzene rings is 1. The molecule has 0 aliphatic carbocycles. The van der Waals surface area contributed by atoms with Gasteiger partial charge >= 0.3 is 0 Å². The molecular formula is C20H16ClN3O4. The molecule has 142 valence electrons. The maximum absolute atomic E-state index is 13.1. The Morgan fingerprint density at radius 2 is 2.11 bits per heavy atom. The summed E-state index contributed by atoms with van der Waals surface area (Å²) in [5, 5.41) is 3.18. The Bertz CT molecular complexity index is 1060. The number of furan rings is 1. The van der Waals surface area contributed by atoms with Gasteiger partial charge in [0.25, 0.3) is 5.91 Å². The van der Waals surface area contributed by atoms with Gasteiger partial charge in [0.05, 0.1) is 12.2 Å². The molecule has 0 saturated heterocycles. The van der Waals surface area contributed by atoms with Gasteiger partial charge in [-0.2, -0.15) is 0 Å². The number of pyridine rings is 1. The highest BCUT2D eigenvalue weighted by Crippen LogP contribution is 2.39. The molecule has 1 aliphatic rings. The maximum Gasteiger partial charge on any atom is 0.264 e. The SMILES string of the molecule is Cc1ccc(CNC(=O)CN2C(=O)c3cccnc3Oc3ccc(Cl)cc32)o1. The molecule has 2 amide bonds. The summed E-state index contributed by atoms with van der Waals surface area (Å²) in [6.45, 7) is 1.85. The van der Waals surface area contributed by atoms with Gasteiger partial charge in [-0.1, -0.05) is 11.6 Å². The largest absolute Gasteiger partial charge is 0.465 e. The van der Waals surface area contributed by atoms with Crippen LogP contribution in [-0.2, 0) is 11.3 Å². The zero-order chi connectivity index (χ0) is 19.7. The quantitative estimate of drug-likeness (QED) is 0.725. The number of rotatable bonds is 4. The summed E-state index contributed by atoms with van der Waals surface area (Å²) in [6, 6.07) is 11.7. The van der Waals surface area contributed by atoms with Crippen molar-refractivity contribution in [2.45, 2.75) is 13.5 Å². The number of amides is 2. The number of aryl methyl sites for hydroxylation is 1. The van der Waals surface area contributed by atoms with Crippen LogP contribution in [0.3, 0.4) is 0 Å². The number of ether oxygens (including phenoxy) is 1. The first-order valence-corrected chi connectivity index (χ1v) is 8.95. The lowest BCUT2D eigenvalue weighted by atomic mass is 10.2. The van der Waals surface area contributed by atoms with Gasteiger partial charge in [0, 0.05) is 11.2 Å². The molecule has 7 nitrogen and oxygen atoms in total. The van der Waals surface area contributed by atoms with Crippen LogP contribution in [0.5, 0.6) is 11.6 Å². The molecule has 28 heavy (non-hydrogen) atoms. The van der Waals surface area contributed by atoms with E-state index in [1.807, 2.05) is 13.0 Å². The topological polar surface area (TPSA) is 84.7 Å².